The quantitative estimate of drug-likeness (QED) is 0.163. The largest absolute Gasteiger partial charge is 0.455 e. The lowest BCUT2D eigenvalue weighted by molar-refractivity contribution is -0.146. The number of carbonyl (C=O) groups is 3. The van der Waals surface area contributed by atoms with Gasteiger partial charge in [0.25, 0.3) is 5.91 Å². The van der Waals surface area contributed by atoms with Crippen molar-refractivity contribution in [3.05, 3.63) is 47.0 Å². The summed E-state index contributed by atoms with van der Waals surface area (Å²) in [7, 11) is 0. The van der Waals surface area contributed by atoms with Crippen LogP contribution < -0.4 is 16.0 Å². The molecule has 0 aromatic carbocycles. The molecule has 1 fully saturated rings. The van der Waals surface area contributed by atoms with Crippen molar-refractivity contribution in [3.8, 4) is 10.6 Å². The van der Waals surface area contributed by atoms with Crippen molar-refractivity contribution in [2.75, 3.05) is 19.8 Å². The molecule has 234 valence electrons. The van der Waals surface area contributed by atoms with Crippen LogP contribution in [0.5, 0.6) is 0 Å². The van der Waals surface area contributed by atoms with E-state index in [1.165, 1.54) is 17.5 Å². The number of rotatable bonds is 11. The Kier molecular flexibility index (Phi) is 11.8. The van der Waals surface area contributed by atoms with Crippen molar-refractivity contribution < 1.29 is 28.6 Å². The summed E-state index contributed by atoms with van der Waals surface area (Å²) in [5.74, 6) is -1.41. The fourth-order valence-corrected chi connectivity index (χ4v) is 4.69. The Bertz CT molecular complexity index is 1320. The van der Waals surface area contributed by atoms with E-state index in [0.29, 0.717) is 37.6 Å². The van der Waals surface area contributed by atoms with E-state index < -0.39 is 34.9 Å². The van der Waals surface area contributed by atoms with Crippen LogP contribution in [0.25, 0.3) is 10.6 Å². The minimum absolute atomic E-state index is 0.00789. The maximum absolute atomic E-state index is 13.2. The number of hydrogen-bond donors (Lipinski definition) is 4. The van der Waals surface area contributed by atoms with Crippen LogP contribution >= 0.6 is 11.3 Å². The summed E-state index contributed by atoms with van der Waals surface area (Å²) in [5.41, 5.74) is -0.0665. The molecule has 0 aliphatic carbocycles. The van der Waals surface area contributed by atoms with Crippen molar-refractivity contribution in [1.29, 1.82) is 5.41 Å². The van der Waals surface area contributed by atoms with E-state index in [1.54, 1.807) is 32.3 Å². The number of esters is 1. The van der Waals surface area contributed by atoms with Gasteiger partial charge in [-0.1, -0.05) is 0 Å². The zero-order valence-electron chi connectivity index (χ0n) is 25.7. The highest BCUT2D eigenvalue weighted by molar-refractivity contribution is 7.13. The summed E-state index contributed by atoms with van der Waals surface area (Å²) < 4.78 is 16.0. The van der Waals surface area contributed by atoms with Gasteiger partial charge in [0.05, 0.1) is 5.70 Å². The molecule has 3 heterocycles. The van der Waals surface area contributed by atoms with Crippen LogP contribution in [-0.2, 0) is 25.4 Å². The number of thiazole rings is 1. The third-order valence-corrected chi connectivity index (χ3v) is 6.77. The van der Waals surface area contributed by atoms with E-state index in [1.807, 2.05) is 32.9 Å². The minimum atomic E-state index is -0.850. The lowest BCUT2D eigenvalue weighted by Gasteiger charge is -2.23. The second-order valence-corrected chi connectivity index (χ2v) is 12.9. The number of pyridine rings is 1. The summed E-state index contributed by atoms with van der Waals surface area (Å²) in [4.78, 5) is 46.6. The van der Waals surface area contributed by atoms with Gasteiger partial charge >= 0.3 is 12.1 Å². The molecule has 0 atom stereocenters. The van der Waals surface area contributed by atoms with E-state index in [4.69, 9.17) is 19.6 Å². The number of aromatic nitrogens is 2. The van der Waals surface area contributed by atoms with Gasteiger partial charge in [0, 0.05) is 54.8 Å². The molecule has 1 aliphatic heterocycles. The van der Waals surface area contributed by atoms with E-state index in [9.17, 15) is 14.4 Å². The predicted molar refractivity (Wildman–Crippen MR) is 164 cm³/mol. The lowest BCUT2D eigenvalue weighted by atomic mass is 10.1. The van der Waals surface area contributed by atoms with Gasteiger partial charge in [-0.25, -0.2) is 14.6 Å². The van der Waals surface area contributed by atoms with Crippen molar-refractivity contribution in [1.82, 2.24) is 25.9 Å². The molecule has 43 heavy (non-hydrogen) atoms. The SMILES string of the molecule is CC(C)(C)OC(=O)NCCCc1cc(-c2nc(C(=O)N/C(=C/NC3CCOCC3)C(=N)C(=O)OC(C)(C)C)cs2)ccn1. The molecule has 2 aromatic heterocycles. The van der Waals surface area contributed by atoms with Crippen LogP contribution in [0, 0.1) is 5.41 Å². The van der Waals surface area contributed by atoms with Crippen LogP contribution in [0.1, 0.15) is 77.0 Å². The summed E-state index contributed by atoms with van der Waals surface area (Å²) >= 11 is 1.30. The average molecular weight is 615 g/mol. The maximum Gasteiger partial charge on any atom is 0.407 e. The molecule has 2 aromatic rings. The number of nitrogens with one attached hydrogen (secondary N) is 4. The van der Waals surface area contributed by atoms with Gasteiger partial charge in [0.2, 0.25) is 0 Å². The predicted octanol–water partition coefficient (Wildman–Crippen LogP) is 4.36. The Morgan fingerprint density at radius 1 is 1.12 bits per heavy atom. The highest BCUT2D eigenvalue weighted by Crippen LogP contribution is 2.24. The van der Waals surface area contributed by atoms with Gasteiger partial charge in [-0.15, -0.1) is 11.3 Å². The third-order valence-electron chi connectivity index (χ3n) is 5.88. The first kappa shape index (κ1) is 33.7. The molecule has 0 unspecified atom stereocenters. The van der Waals surface area contributed by atoms with Crippen LogP contribution in [0.3, 0.4) is 0 Å². The first-order valence-corrected chi connectivity index (χ1v) is 15.1. The molecule has 1 aliphatic rings. The molecule has 0 spiro atoms. The van der Waals surface area contributed by atoms with E-state index >= 15 is 0 Å². The van der Waals surface area contributed by atoms with Crippen molar-refractivity contribution in [2.24, 2.45) is 0 Å². The zero-order chi connectivity index (χ0) is 31.6. The molecule has 2 amide bonds. The molecule has 3 rings (SSSR count). The summed E-state index contributed by atoms with van der Waals surface area (Å²) in [6.07, 6.45) is 5.52. The zero-order valence-corrected chi connectivity index (χ0v) is 26.5. The van der Waals surface area contributed by atoms with E-state index in [0.717, 1.165) is 24.1 Å². The van der Waals surface area contributed by atoms with Gasteiger partial charge in [0.15, 0.2) is 5.71 Å². The number of ether oxygens (including phenoxy) is 3. The Balaban J connectivity index is 1.65. The molecule has 0 saturated carbocycles. The second kappa shape index (κ2) is 15.1. The lowest BCUT2D eigenvalue weighted by Crippen LogP contribution is -2.38. The molecule has 12 nitrogen and oxygen atoms in total. The molecule has 4 N–H and O–H groups in total. The number of carbonyl (C=O) groups excluding carboxylic acids is 3. The molecule has 13 heteroatoms. The number of amides is 2. The number of nitrogens with zero attached hydrogens (tertiary/aromatic N) is 2. The van der Waals surface area contributed by atoms with Gasteiger partial charge in [-0.2, -0.15) is 0 Å². The van der Waals surface area contributed by atoms with Crippen molar-refractivity contribution in [3.63, 3.8) is 0 Å². The second-order valence-electron chi connectivity index (χ2n) is 12.0. The Morgan fingerprint density at radius 3 is 2.49 bits per heavy atom. The molecular weight excluding hydrogens is 572 g/mol. The van der Waals surface area contributed by atoms with Crippen LogP contribution in [0.2, 0.25) is 0 Å². The number of alkyl carbamates (subject to hydrolysis) is 1. The Hall–Kier alpha value is -3.84. The highest BCUT2D eigenvalue weighted by atomic mass is 32.1. The van der Waals surface area contributed by atoms with Crippen molar-refractivity contribution >= 4 is 35.0 Å². The smallest absolute Gasteiger partial charge is 0.407 e. The summed E-state index contributed by atoms with van der Waals surface area (Å²) in [6.45, 7) is 12.2. The first-order chi connectivity index (χ1) is 20.2. The standard InChI is InChI=1S/C30H42N6O6S/c1-29(2,3)41-27(38)24(31)22(17-34-20-10-14-40-15-11-20)35-25(37)23-18-43-26(36-23)19-9-13-32-21(16-19)8-7-12-33-28(39)42-30(4,5)6/h9,13,16-18,20,31,34H,7-8,10-12,14-15H2,1-6H3,(H,33,39)(H,35,37)/b22-17+,31-24?. The fraction of sp³-hybridized carbons (Fsp3) is 0.533. The van der Waals surface area contributed by atoms with Gasteiger partial charge < -0.3 is 30.2 Å². The average Bonchev–Trinajstić information content (AvgIpc) is 3.42. The van der Waals surface area contributed by atoms with Crippen LogP contribution in [-0.4, -0.2) is 70.7 Å². The van der Waals surface area contributed by atoms with Gasteiger partial charge in [0.1, 0.15) is 21.9 Å². The topological polar surface area (TPSA) is 165 Å². The highest BCUT2D eigenvalue weighted by Gasteiger charge is 2.25. The van der Waals surface area contributed by atoms with Gasteiger partial charge in [-0.3, -0.25) is 15.2 Å². The normalized spacial score (nSPS) is 14.5. The number of aryl methyl sites for hydroxylation is 1. The third kappa shape index (κ3) is 11.8. The fourth-order valence-electron chi connectivity index (χ4n) is 3.89. The molecule has 0 radical (unpaired) electrons. The molecule has 0 bridgehead atoms. The Morgan fingerprint density at radius 2 is 1.81 bits per heavy atom. The maximum atomic E-state index is 13.2. The Labute approximate surface area is 256 Å². The van der Waals surface area contributed by atoms with Gasteiger partial charge in [-0.05, 0) is 79.4 Å². The van der Waals surface area contributed by atoms with E-state index in [-0.39, 0.29) is 17.4 Å². The van der Waals surface area contributed by atoms with Crippen LogP contribution in [0.4, 0.5) is 4.79 Å². The summed E-state index contributed by atoms with van der Waals surface area (Å²) in [5, 5.41) is 19.3. The van der Waals surface area contributed by atoms with Crippen molar-refractivity contribution in [2.45, 2.75) is 84.5 Å². The monoisotopic (exact) mass is 614 g/mol. The molecule has 1 saturated heterocycles. The summed E-state index contributed by atoms with van der Waals surface area (Å²) in [6, 6.07) is 3.80. The van der Waals surface area contributed by atoms with E-state index in [2.05, 4.69) is 25.9 Å². The minimum Gasteiger partial charge on any atom is -0.455 e. The first-order valence-electron chi connectivity index (χ1n) is 14.3. The van der Waals surface area contributed by atoms with Crippen LogP contribution in [0.15, 0.2) is 35.6 Å². The molecular formula is C30H42N6O6S. The number of hydrogen-bond acceptors (Lipinski definition) is 11.